The maximum absolute atomic E-state index is 9.67. The van der Waals surface area contributed by atoms with Crippen molar-refractivity contribution in [2.24, 2.45) is 16.2 Å². The number of benzene rings is 13. The van der Waals surface area contributed by atoms with Crippen molar-refractivity contribution in [2.75, 3.05) is 9.80 Å². The number of hydrogen-bond acceptors (Lipinski definition) is 2. The van der Waals surface area contributed by atoms with Crippen LogP contribution in [0, 0.1) is 57.0 Å². The Morgan fingerprint density at radius 3 is 0.876 bits per heavy atom. The van der Waals surface area contributed by atoms with Crippen molar-refractivity contribution in [1.29, 1.82) is 0 Å². The smallest absolute Gasteiger partial charge is 1.00 e. The van der Waals surface area contributed by atoms with E-state index >= 15 is 0 Å². The van der Waals surface area contributed by atoms with Crippen LogP contribution in [-0.4, -0.2) is 59.6 Å². The Labute approximate surface area is 913 Å². The molecule has 768 valence electrons. The van der Waals surface area contributed by atoms with Gasteiger partial charge in [-0.15, -0.1) is 10.8 Å². The predicted molar refractivity (Wildman–Crippen MR) is 634 cm³/mol. The summed E-state index contributed by atoms with van der Waals surface area (Å²) in [5.41, 5.74) is 25.4. The maximum Gasteiger partial charge on any atom is 1.00 e. The van der Waals surface area contributed by atoms with Crippen LogP contribution in [0.1, 0.15) is 203 Å². The second-order valence-corrected chi connectivity index (χ2v) is 69.0. The molecular weight excluding hydrogens is 2110 g/mol. The minimum Gasteiger partial charge on any atom is -1.00 e. The van der Waals surface area contributed by atoms with E-state index in [4.69, 9.17) is 43.4 Å². The van der Waals surface area contributed by atoms with Crippen LogP contribution in [0.15, 0.2) is 352 Å². The van der Waals surface area contributed by atoms with Gasteiger partial charge in [-0.05, 0) is 182 Å². The zero-order valence-electron chi connectivity index (χ0n) is 89.6. The topological polar surface area (TPSA) is 23.6 Å². The molecule has 3 aliphatic heterocycles. The molecule has 3 heterocycles. The molecule has 0 spiro atoms. The van der Waals surface area contributed by atoms with Gasteiger partial charge in [-0.2, -0.15) is 4.58 Å². The molecule has 2 fully saturated rings. The van der Waals surface area contributed by atoms with Crippen molar-refractivity contribution in [2.45, 2.75) is 233 Å². The number of hydrogen-bond donors (Lipinski definition) is 0. The molecule has 2 saturated heterocycles. The van der Waals surface area contributed by atoms with Crippen LogP contribution in [-0.2, 0) is 46.3 Å². The van der Waals surface area contributed by atoms with Crippen molar-refractivity contribution in [3.63, 3.8) is 0 Å². The number of nitrogens with zero attached hydrogens (tertiary/aromatic N) is 4. The summed E-state index contributed by atoms with van der Waals surface area (Å²) in [7, 11) is 17.1. The van der Waals surface area contributed by atoms with Gasteiger partial charge in [0.05, 0.1) is 15.8 Å². The molecule has 18 rings (SSSR count). The van der Waals surface area contributed by atoms with E-state index in [1.54, 1.807) is 0 Å². The zero-order chi connectivity index (χ0) is 104. The third kappa shape index (κ3) is 36.1. The molecule has 0 saturated carbocycles. The van der Waals surface area contributed by atoms with E-state index in [2.05, 4.69) is 508 Å². The Bertz CT molecular complexity index is 5900. The molecule has 0 unspecified atom stereocenters. The van der Waals surface area contributed by atoms with E-state index in [1.807, 2.05) is 48.5 Å². The van der Waals surface area contributed by atoms with E-state index in [1.165, 1.54) is 152 Å². The van der Waals surface area contributed by atoms with Gasteiger partial charge in [0.2, 0.25) is 5.69 Å². The quantitative estimate of drug-likeness (QED) is 0.0316. The van der Waals surface area contributed by atoms with Crippen LogP contribution < -0.4 is 65.2 Å². The number of aryl methyl sites for hydroxylation is 7. The minimum absolute atomic E-state index is 0. The molecule has 20 heteroatoms. The van der Waals surface area contributed by atoms with Gasteiger partial charge in [0.15, 0.2) is 11.8 Å². The molecule has 0 bridgehead atoms. The van der Waals surface area contributed by atoms with Crippen LogP contribution >= 0.6 is 54.6 Å². The molecule has 0 N–H and O–H groups in total. The van der Waals surface area contributed by atoms with E-state index < -0.39 is 66.9 Å². The average Bonchev–Trinajstić information content (AvgIpc) is 1.60. The van der Waals surface area contributed by atoms with Gasteiger partial charge in [-0.25, -0.2) is 13.1 Å². The van der Waals surface area contributed by atoms with Crippen LogP contribution in [0.2, 0.25) is 39.3 Å². The number of halogens is 8. The van der Waals surface area contributed by atoms with Gasteiger partial charge in [-0.3, -0.25) is 12.9 Å². The summed E-state index contributed by atoms with van der Waals surface area (Å²) in [5, 5.41) is 8.61. The number of para-hydroxylation sites is 2. The maximum atomic E-state index is 9.67. The number of rotatable bonds is 16. The first-order valence-electron chi connectivity index (χ1n) is 49.5. The third-order valence-electron chi connectivity index (χ3n) is 25.1. The number of allylic oxidation sites excluding steroid dienone is 2. The average molecular weight is 2270 g/mol. The SMILES string of the molecule is C.CCc1cc(C)cc(C)c1[N+]1=CC(C)(C)CC1(C)C.CCc1cccc(C)c1N1[CH-]C(C)(C)CC1(C)C.CCc1cccc(C)c1N1[CH-]C(C)(C)CC1(C)C.C[Si](C)(C)[N-][Si](C)(C)C.FB(F)F.[Cl][Ru]([Cl])=[C]1C=C(c2ccccc2)c2ccccc21.[Cl][Ru]([Cl])=[C]1C=C(c2ccccc2)c2ccccc21.[F-].[Li+].c1ccc([PH+](c2ccccc2)c2ccccc2)cc1.c1ccc([PH+](c2ccccc2)c2ccccc2)cc1. The molecule has 0 aromatic heterocycles. The van der Waals surface area contributed by atoms with Crippen molar-refractivity contribution in [1.82, 2.24) is 0 Å². The standard InChI is InChI=1S/C18H28N.2C18H15P.2C17H26N.2C15H10.C6H18NSi2.CH4.BF3.4ClH.FH.Li.2Ru/c1-8-15-10-13(2)9-14(3)16(15)19-12-17(4,5)11-18(19,6)7;2*1-4-10-16(11-5-1)19(17-12-6-2-7-13-17)18-14-8-3-9-15-18;2*1-7-14-10-8-9-13(2)15(14)18-12-16(3,4)11-17(18,5)6;2*1-2-6-12(7-3-1)15-11-10-13-8-4-5-9-14(13)15;1-8(2,3)7-9(4,5)6;;2-1(3)4;;;;;;;;/h9-10,12H,8,11H2,1-7H3;2*1-15H;2*8-10,12H,7,11H2,1-6H3;2*1-9,11H;1-6H3;1H4;;5*1H;;;/q+1;;;2*-1;;;-1;;;;;;;;+1;2*+2/p-3. The molecule has 5 aliphatic rings. The molecular formula is C125H154BCl4F4LiN4P2Ru2Si2. The summed E-state index contributed by atoms with van der Waals surface area (Å²) in [6, 6.07) is 120. The van der Waals surface area contributed by atoms with Gasteiger partial charge < -0.3 is 19.2 Å². The fourth-order valence-corrected chi connectivity index (χ4v) is 38.9. The van der Waals surface area contributed by atoms with Crippen molar-refractivity contribution < 1.29 is 68.1 Å². The van der Waals surface area contributed by atoms with Crippen molar-refractivity contribution in [3.8, 4) is 0 Å². The van der Waals surface area contributed by atoms with Crippen molar-refractivity contribution >= 4 is 153 Å². The Balaban J connectivity index is 0.000000224. The van der Waals surface area contributed by atoms with Gasteiger partial charge in [0.25, 0.3) is 0 Å². The Morgan fingerprint density at radius 1 is 0.372 bits per heavy atom. The molecule has 2 aliphatic carbocycles. The van der Waals surface area contributed by atoms with E-state index in [0.29, 0.717) is 0 Å². The summed E-state index contributed by atoms with van der Waals surface area (Å²) < 4.78 is 38.6. The molecule has 0 amide bonds. The first-order chi connectivity index (χ1) is 67.1. The summed E-state index contributed by atoms with van der Waals surface area (Å²) in [4.78, 5) is 5.03. The second-order valence-electron chi connectivity index (χ2n) is 42.9. The summed E-state index contributed by atoms with van der Waals surface area (Å²) >= 11 is -3.76. The normalized spacial score (nSPS) is 15.3. The monoisotopic (exact) mass is 2270 g/mol. The Hall–Kier alpha value is -7.61. The van der Waals surface area contributed by atoms with Gasteiger partial charge in [0, 0.05) is 59.3 Å². The Kier molecular flexibility index (Phi) is 48.4. The second kappa shape index (κ2) is 56.5. The fourth-order valence-electron chi connectivity index (χ4n) is 20.7. The molecule has 4 nitrogen and oxygen atoms in total. The number of anilines is 2. The molecule has 0 radical (unpaired) electrons. The fraction of sp³-hybridized carbons (Fsp3) is 0.304. The largest absolute Gasteiger partial charge is 1.00 e. The summed E-state index contributed by atoms with van der Waals surface area (Å²) in [6.45, 7) is 62.4. The first-order valence-corrected chi connectivity index (χ1v) is 70.1. The number of fused-ring (bicyclic) bond motifs is 2. The van der Waals surface area contributed by atoms with Crippen LogP contribution in [0.4, 0.5) is 30.0 Å². The summed E-state index contributed by atoms with van der Waals surface area (Å²) in [6.07, 6.45) is 13.6. The molecule has 0 atom stereocenters. The molecule has 13 aromatic carbocycles. The third-order valence-corrected chi connectivity index (χ3v) is 42.2. The van der Waals surface area contributed by atoms with Gasteiger partial charge in [0.1, 0.15) is 31.8 Å². The Morgan fingerprint density at radius 2 is 0.641 bits per heavy atom. The van der Waals surface area contributed by atoms with E-state index in [9.17, 15) is 12.9 Å². The summed E-state index contributed by atoms with van der Waals surface area (Å²) in [5.74, 6) is 0. The van der Waals surface area contributed by atoms with E-state index in [-0.39, 0.29) is 63.9 Å². The van der Waals surface area contributed by atoms with Crippen LogP contribution in [0.3, 0.4) is 0 Å². The van der Waals surface area contributed by atoms with Crippen molar-refractivity contribution in [3.05, 3.63) is 442 Å². The minimum atomic E-state index is -3.67. The molecule has 13 aromatic rings. The zero-order valence-corrected chi connectivity index (χ0v) is 100. The molecule has 145 heavy (non-hydrogen) atoms. The van der Waals surface area contributed by atoms with E-state index in [0.717, 1.165) is 27.5 Å². The first kappa shape index (κ1) is 124. The predicted octanol–water partition coefficient (Wildman–Crippen LogP) is 28.3. The van der Waals surface area contributed by atoms with Gasteiger partial charge in [-0.1, -0.05) is 289 Å². The van der Waals surface area contributed by atoms with Crippen LogP contribution in [0.25, 0.3) is 15.8 Å². The van der Waals surface area contributed by atoms with Gasteiger partial charge >= 0.3 is 266 Å². The van der Waals surface area contributed by atoms with Crippen LogP contribution in [0.5, 0.6) is 0 Å².